The van der Waals surface area contributed by atoms with E-state index in [2.05, 4.69) is 65.6 Å². The number of anilines is 1. The molecule has 7 nitrogen and oxygen atoms in total. The van der Waals surface area contributed by atoms with Crippen LogP contribution in [0, 0.1) is 24.7 Å². The standard InChI is InChI=1S/C37H44F3N7/c1-3-30-21-31-27(2)29(7-9-34(31)47(30)15-5-4-14-44-18-12-41-13-19-44)23-45-16-10-36(11-17-45)24-46(25-36)35-32-20-28(22-37(38,39)40)6-8-33(32)42-26-43-35/h1,6-9,20-21,26,41H,4-5,10-19,22-25H2,2H3. The van der Waals surface area contributed by atoms with Crippen molar-refractivity contribution in [1.29, 1.82) is 0 Å². The molecule has 2 aromatic heterocycles. The third-order valence-corrected chi connectivity index (χ3v) is 10.7. The molecule has 10 heteroatoms. The number of piperidine rings is 1. The lowest BCUT2D eigenvalue weighted by Crippen LogP contribution is -2.60. The number of nitrogens with one attached hydrogen (secondary N) is 1. The van der Waals surface area contributed by atoms with Gasteiger partial charge in [0.05, 0.1) is 17.6 Å². The van der Waals surface area contributed by atoms with Crippen LogP contribution in [0.4, 0.5) is 19.0 Å². The normalized spacial score (nSPS) is 19.0. The number of piperazine rings is 1. The Balaban J connectivity index is 0.959. The van der Waals surface area contributed by atoms with E-state index in [4.69, 9.17) is 6.42 Å². The number of hydrogen-bond donors (Lipinski definition) is 1. The summed E-state index contributed by atoms with van der Waals surface area (Å²) in [6, 6.07) is 11.5. The number of aryl methyl sites for hydroxylation is 2. The highest BCUT2D eigenvalue weighted by molar-refractivity contribution is 5.90. The lowest BCUT2D eigenvalue weighted by Gasteiger charge is -2.54. The SMILES string of the molecule is C#Cc1cc2c(C)c(CN3CCC4(CC3)CN(c3ncnc5ccc(CC(F)(F)F)cc35)C4)ccc2n1CCCCN1CCNCC1. The molecular formula is C37H44F3N7. The van der Waals surface area contributed by atoms with Crippen molar-refractivity contribution in [2.75, 3.05) is 63.8 Å². The van der Waals surface area contributed by atoms with Gasteiger partial charge in [0, 0.05) is 74.1 Å². The summed E-state index contributed by atoms with van der Waals surface area (Å²) >= 11 is 0. The van der Waals surface area contributed by atoms with Crippen LogP contribution in [0.1, 0.15) is 48.1 Å². The second-order valence-corrected chi connectivity index (χ2v) is 13.9. The van der Waals surface area contributed by atoms with Crippen molar-refractivity contribution in [3.63, 3.8) is 0 Å². The maximum absolute atomic E-state index is 13.1. The highest BCUT2D eigenvalue weighted by Crippen LogP contribution is 2.44. The van der Waals surface area contributed by atoms with Gasteiger partial charge in [-0.15, -0.1) is 6.42 Å². The molecule has 0 saturated carbocycles. The summed E-state index contributed by atoms with van der Waals surface area (Å²) in [5.74, 6) is 3.68. The van der Waals surface area contributed by atoms with Crippen LogP contribution in [0.15, 0.2) is 42.7 Å². The first-order valence-electron chi connectivity index (χ1n) is 17.0. The van der Waals surface area contributed by atoms with Crippen molar-refractivity contribution in [3.8, 4) is 12.3 Å². The first kappa shape index (κ1) is 31.9. The van der Waals surface area contributed by atoms with Crippen LogP contribution >= 0.6 is 0 Å². The van der Waals surface area contributed by atoms with Crippen LogP contribution in [-0.4, -0.2) is 89.4 Å². The monoisotopic (exact) mass is 643 g/mol. The van der Waals surface area contributed by atoms with E-state index in [9.17, 15) is 13.2 Å². The number of benzene rings is 2. The topological polar surface area (TPSA) is 52.5 Å². The zero-order valence-electron chi connectivity index (χ0n) is 27.2. The largest absolute Gasteiger partial charge is 0.393 e. The summed E-state index contributed by atoms with van der Waals surface area (Å²) < 4.78 is 41.5. The molecule has 7 rings (SSSR count). The van der Waals surface area contributed by atoms with Gasteiger partial charge < -0.3 is 19.7 Å². The number of halogens is 3. The van der Waals surface area contributed by atoms with Gasteiger partial charge in [0.1, 0.15) is 12.1 Å². The van der Waals surface area contributed by atoms with Crippen LogP contribution in [0.5, 0.6) is 0 Å². The lowest BCUT2D eigenvalue weighted by molar-refractivity contribution is -0.127. The molecule has 0 radical (unpaired) electrons. The van der Waals surface area contributed by atoms with Crippen molar-refractivity contribution in [2.24, 2.45) is 5.41 Å². The predicted molar refractivity (Wildman–Crippen MR) is 182 cm³/mol. The minimum Gasteiger partial charge on any atom is -0.355 e. The van der Waals surface area contributed by atoms with Crippen LogP contribution in [0.25, 0.3) is 21.8 Å². The van der Waals surface area contributed by atoms with E-state index in [1.165, 1.54) is 40.8 Å². The average molecular weight is 644 g/mol. The quantitative estimate of drug-likeness (QED) is 0.185. The minimum absolute atomic E-state index is 0.222. The Morgan fingerprint density at radius 1 is 0.915 bits per heavy atom. The second kappa shape index (κ2) is 13.1. The van der Waals surface area contributed by atoms with E-state index < -0.39 is 12.6 Å². The lowest BCUT2D eigenvalue weighted by atomic mass is 9.72. The van der Waals surface area contributed by atoms with Gasteiger partial charge in [-0.3, -0.25) is 4.90 Å². The molecule has 3 saturated heterocycles. The van der Waals surface area contributed by atoms with Crippen molar-refractivity contribution < 1.29 is 13.2 Å². The predicted octanol–water partition coefficient (Wildman–Crippen LogP) is 5.77. The molecule has 0 atom stereocenters. The summed E-state index contributed by atoms with van der Waals surface area (Å²) in [7, 11) is 0. The summed E-state index contributed by atoms with van der Waals surface area (Å²) in [5.41, 5.74) is 6.01. The number of hydrogen-bond acceptors (Lipinski definition) is 6. The molecule has 0 amide bonds. The van der Waals surface area contributed by atoms with Gasteiger partial charge in [-0.1, -0.05) is 18.1 Å². The van der Waals surface area contributed by atoms with Crippen molar-refractivity contribution >= 4 is 27.6 Å². The van der Waals surface area contributed by atoms with Crippen LogP contribution in [0.2, 0.25) is 0 Å². The number of nitrogens with zero attached hydrogens (tertiary/aromatic N) is 6. The molecule has 4 aromatic rings. The van der Waals surface area contributed by atoms with E-state index in [-0.39, 0.29) is 11.0 Å². The second-order valence-electron chi connectivity index (χ2n) is 13.9. The van der Waals surface area contributed by atoms with Crippen LogP contribution in [-0.2, 0) is 19.5 Å². The van der Waals surface area contributed by atoms with Crippen LogP contribution < -0.4 is 10.2 Å². The summed E-state index contributed by atoms with van der Waals surface area (Å²) in [6.07, 6.45) is 6.78. The molecule has 1 N–H and O–H groups in total. The van der Waals surface area contributed by atoms with Gasteiger partial charge >= 0.3 is 6.18 Å². The highest BCUT2D eigenvalue weighted by atomic mass is 19.4. The maximum atomic E-state index is 13.1. The Morgan fingerprint density at radius 3 is 2.43 bits per heavy atom. The summed E-state index contributed by atoms with van der Waals surface area (Å²) in [5, 5.41) is 5.38. The third kappa shape index (κ3) is 6.85. The number of fused-ring (bicyclic) bond motifs is 2. The smallest absolute Gasteiger partial charge is 0.355 e. The van der Waals surface area contributed by atoms with Crippen molar-refractivity contribution in [3.05, 3.63) is 65.1 Å². The fraction of sp³-hybridized carbons (Fsp3) is 0.514. The molecule has 3 fully saturated rings. The third-order valence-electron chi connectivity index (χ3n) is 10.7. The van der Waals surface area contributed by atoms with E-state index in [1.54, 1.807) is 12.1 Å². The highest BCUT2D eigenvalue weighted by Gasteiger charge is 2.45. The average Bonchev–Trinajstić information content (AvgIpc) is 3.41. The van der Waals surface area contributed by atoms with E-state index in [0.717, 1.165) is 103 Å². The molecular weight excluding hydrogens is 599 g/mol. The zero-order valence-corrected chi connectivity index (χ0v) is 27.2. The Kier molecular flexibility index (Phi) is 8.90. The minimum atomic E-state index is -4.25. The number of aromatic nitrogens is 3. The number of rotatable bonds is 9. The van der Waals surface area contributed by atoms with Gasteiger partial charge in [-0.25, -0.2) is 9.97 Å². The van der Waals surface area contributed by atoms with E-state index in [0.29, 0.717) is 10.9 Å². The molecule has 248 valence electrons. The maximum Gasteiger partial charge on any atom is 0.393 e. The molecule has 0 bridgehead atoms. The van der Waals surface area contributed by atoms with Crippen molar-refractivity contribution in [1.82, 2.24) is 29.7 Å². The molecule has 5 heterocycles. The Labute approximate surface area is 275 Å². The summed E-state index contributed by atoms with van der Waals surface area (Å²) in [4.78, 5) is 16.1. The van der Waals surface area contributed by atoms with E-state index >= 15 is 0 Å². The number of likely N-dealkylation sites (tertiary alicyclic amines) is 1. The molecule has 3 aliphatic heterocycles. The van der Waals surface area contributed by atoms with Gasteiger partial charge in [0.15, 0.2) is 0 Å². The first-order chi connectivity index (χ1) is 22.7. The first-order valence-corrected chi connectivity index (χ1v) is 17.0. The van der Waals surface area contributed by atoms with Crippen LogP contribution in [0.3, 0.4) is 0 Å². The molecule has 47 heavy (non-hydrogen) atoms. The zero-order chi connectivity index (χ0) is 32.6. The number of unbranched alkanes of at least 4 members (excludes halogenated alkanes) is 1. The molecule has 0 unspecified atom stereocenters. The number of alkyl halides is 3. The Bertz CT molecular complexity index is 1770. The van der Waals surface area contributed by atoms with Gasteiger partial charge in [-0.05, 0) is 93.2 Å². The van der Waals surface area contributed by atoms with Gasteiger partial charge in [0.2, 0.25) is 0 Å². The molecule has 0 aliphatic carbocycles. The van der Waals surface area contributed by atoms with E-state index in [1.807, 2.05) is 0 Å². The number of terminal acetylenes is 1. The fourth-order valence-corrected chi connectivity index (χ4v) is 7.93. The molecule has 2 aromatic carbocycles. The van der Waals surface area contributed by atoms with Gasteiger partial charge in [-0.2, -0.15) is 13.2 Å². The Hall–Kier alpha value is -3.65. The molecule has 1 spiro atoms. The summed E-state index contributed by atoms with van der Waals surface area (Å²) in [6.45, 7) is 13.5. The molecule has 3 aliphatic rings. The van der Waals surface area contributed by atoms with Crippen molar-refractivity contribution in [2.45, 2.75) is 58.3 Å². The Morgan fingerprint density at radius 2 is 1.68 bits per heavy atom. The fourth-order valence-electron chi connectivity index (χ4n) is 7.93. The van der Waals surface area contributed by atoms with Gasteiger partial charge in [0.25, 0.3) is 0 Å².